The van der Waals surface area contributed by atoms with E-state index < -0.39 is 11.9 Å². The maximum atomic E-state index is 9.10. The van der Waals surface area contributed by atoms with Crippen molar-refractivity contribution in [3.63, 3.8) is 0 Å². The summed E-state index contributed by atoms with van der Waals surface area (Å²) < 4.78 is 17.7. The molecule has 0 amide bonds. The molecule has 0 radical (unpaired) electrons. The zero-order valence-electron chi connectivity index (χ0n) is 18.3. The van der Waals surface area contributed by atoms with Gasteiger partial charge < -0.3 is 30.2 Å². The van der Waals surface area contributed by atoms with Crippen LogP contribution in [0.25, 0.3) is 0 Å². The van der Waals surface area contributed by atoms with E-state index in [-0.39, 0.29) is 0 Å². The lowest BCUT2D eigenvalue weighted by atomic mass is 10.1. The van der Waals surface area contributed by atoms with E-state index in [0.717, 1.165) is 23.1 Å². The normalized spacial score (nSPS) is 9.88. The van der Waals surface area contributed by atoms with E-state index in [2.05, 4.69) is 0 Å². The van der Waals surface area contributed by atoms with E-state index in [9.17, 15) is 0 Å². The highest BCUT2D eigenvalue weighted by Crippen LogP contribution is 2.39. The van der Waals surface area contributed by atoms with E-state index in [1.165, 1.54) is 0 Å². The lowest BCUT2D eigenvalue weighted by molar-refractivity contribution is -0.159. The summed E-state index contributed by atoms with van der Waals surface area (Å²) in [6.07, 6.45) is 0.747. The van der Waals surface area contributed by atoms with Crippen LogP contribution in [0.2, 0.25) is 0 Å². The summed E-state index contributed by atoms with van der Waals surface area (Å²) in [7, 11) is 1.64. The number of carboxylic acid groups (broad SMARTS) is 2. The minimum Gasteiger partial charge on any atom is -0.493 e. The second-order valence-electron chi connectivity index (χ2n) is 6.82. The molecular formula is C25H27NO7. The van der Waals surface area contributed by atoms with Crippen molar-refractivity contribution in [2.24, 2.45) is 5.73 Å². The van der Waals surface area contributed by atoms with Crippen LogP contribution >= 0.6 is 0 Å². The summed E-state index contributed by atoms with van der Waals surface area (Å²) in [6, 6.07) is 24.0. The molecule has 0 saturated carbocycles. The van der Waals surface area contributed by atoms with Gasteiger partial charge in [-0.3, -0.25) is 0 Å². The standard InChI is InChI=1S/C23H25NO3.C2H2O4/c1-25-21-14-20(12-13-24)15-22(26-16-18-8-4-2-5-9-18)23(21)27-17-19-10-6-3-7-11-19;3-1(4)2(5)6/h2-11,14-15H,12-13,16-17,24H2,1H3;(H,3,4)(H,5,6). The number of benzene rings is 3. The summed E-state index contributed by atoms with van der Waals surface area (Å²) in [4.78, 5) is 18.2. The third-order valence-corrected chi connectivity index (χ3v) is 4.38. The van der Waals surface area contributed by atoms with E-state index in [0.29, 0.717) is 37.0 Å². The summed E-state index contributed by atoms with van der Waals surface area (Å²) in [5.41, 5.74) is 8.96. The summed E-state index contributed by atoms with van der Waals surface area (Å²) >= 11 is 0. The first kappa shape index (κ1) is 25.2. The van der Waals surface area contributed by atoms with Gasteiger partial charge in [0, 0.05) is 0 Å². The second-order valence-corrected chi connectivity index (χ2v) is 6.82. The molecule has 0 aliphatic carbocycles. The molecule has 0 saturated heterocycles. The molecule has 0 spiro atoms. The fourth-order valence-corrected chi connectivity index (χ4v) is 2.81. The molecule has 3 rings (SSSR count). The van der Waals surface area contributed by atoms with Gasteiger partial charge in [-0.05, 0) is 41.8 Å². The summed E-state index contributed by atoms with van der Waals surface area (Å²) in [5, 5.41) is 14.8. The summed E-state index contributed by atoms with van der Waals surface area (Å²) in [6.45, 7) is 1.46. The van der Waals surface area contributed by atoms with Crippen LogP contribution in [0.15, 0.2) is 72.8 Å². The highest BCUT2D eigenvalue weighted by Gasteiger charge is 2.15. The third kappa shape index (κ3) is 8.54. The van der Waals surface area contributed by atoms with Gasteiger partial charge in [-0.2, -0.15) is 0 Å². The van der Waals surface area contributed by atoms with Crippen LogP contribution in [0.4, 0.5) is 0 Å². The van der Waals surface area contributed by atoms with E-state index in [1.807, 2.05) is 72.8 Å². The first-order chi connectivity index (χ1) is 15.9. The molecule has 0 aromatic heterocycles. The second kappa shape index (κ2) is 13.4. The van der Waals surface area contributed by atoms with E-state index in [1.54, 1.807) is 7.11 Å². The molecule has 0 aliphatic rings. The molecule has 0 atom stereocenters. The highest BCUT2D eigenvalue weighted by atomic mass is 16.5. The largest absolute Gasteiger partial charge is 0.493 e. The zero-order chi connectivity index (χ0) is 24.1. The number of ether oxygens (including phenoxy) is 3. The van der Waals surface area contributed by atoms with Gasteiger partial charge >= 0.3 is 11.9 Å². The summed E-state index contributed by atoms with van der Waals surface area (Å²) in [5.74, 6) is -1.72. The van der Waals surface area contributed by atoms with Crippen molar-refractivity contribution >= 4 is 11.9 Å². The van der Waals surface area contributed by atoms with Gasteiger partial charge in [-0.15, -0.1) is 0 Å². The lowest BCUT2D eigenvalue weighted by Gasteiger charge is -2.18. The number of hydrogen-bond donors (Lipinski definition) is 3. The average Bonchev–Trinajstić information content (AvgIpc) is 2.83. The van der Waals surface area contributed by atoms with Gasteiger partial charge in [0.25, 0.3) is 0 Å². The average molecular weight is 453 g/mol. The Bertz CT molecular complexity index is 1010. The van der Waals surface area contributed by atoms with Gasteiger partial charge in [-0.25, -0.2) is 9.59 Å². The molecule has 3 aromatic carbocycles. The van der Waals surface area contributed by atoms with Gasteiger partial charge in [0.15, 0.2) is 11.5 Å². The first-order valence-corrected chi connectivity index (χ1v) is 10.1. The van der Waals surface area contributed by atoms with Crippen molar-refractivity contribution in [3.8, 4) is 17.2 Å². The van der Waals surface area contributed by atoms with Crippen molar-refractivity contribution in [1.82, 2.24) is 0 Å². The van der Waals surface area contributed by atoms with Crippen LogP contribution in [0, 0.1) is 0 Å². The molecule has 33 heavy (non-hydrogen) atoms. The molecule has 0 unspecified atom stereocenters. The number of carboxylic acids is 2. The Labute approximate surface area is 192 Å². The number of rotatable bonds is 9. The van der Waals surface area contributed by atoms with Crippen molar-refractivity contribution in [2.75, 3.05) is 13.7 Å². The van der Waals surface area contributed by atoms with Gasteiger partial charge in [0.2, 0.25) is 5.75 Å². The highest BCUT2D eigenvalue weighted by molar-refractivity contribution is 6.27. The monoisotopic (exact) mass is 453 g/mol. The molecule has 0 heterocycles. The SMILES string of the molecule is COc1cc(CCN)cc(OCc2ccccc2)c1OCc1ccccc1.O=C(O)C(=O)O. The number of hydrogen-bond acceptors (Lipinski definition) is 6. The maximum Gasteiger partial charge on any atom is 0.414 e. The van der Waals surface area contributed by atoms with Gasteiger partial charge in [0.05, 0.1) is 7.11 Å². The predicted octanol–water partition coefficient (Wildman–Crippen LogP) is 3.51. The van der Waals surface area contributed by atoms with Gasteiger partial charge in [-0.1, -0.05) is 60.7 Å². The van der Waals surface area contributed by atoms with Crippen LogP contribution < -0.4 is 19.9 Å². The minimum absolute atomic E-state index is 0.440. The molecule has 4 N–H and O–H groups in total. The number of nitrogens with two attached hydrogens (primary N) is 1. The molecule has 0 aliphatic heterocycles. The molecule has 0 fully saturated rings. The van der Waals surface area contributed by atoms with Crippen LogP contribution in [-0.2, 0) is 29.2 Å². The molecule has 3 aromatic rings. The Morgan fingerprint density at radius 2 is 1.24 bits per heavy atom. The Morgan fingerprint density at radius 1 is 0.758 bits per heavy atom. The third-order valence-electron chi connectivity index (χ3n) is 4.38. The van der Waals surface area contributed by atoms with Crippen LogP contribution in [0.3, 0.4) is 0 Å². The smallest absolute Gasteiger partial charge is 0.414 e. The maximum absolute atomic E-state index is 9.10. The fourth-order valence-electron chi connectivity index (χ4n) is 2.81. The Kier molecular flexibility index (Phi) is 10.2. The molecular weight excluding hydrogens is 426 g/mol. The molecule has 8 nitrogen and oxygen atoms in total. The molecule has 174 valence electrons. The Morgan fingerprint density at radius 3 is 1.70 bits per heavy atom. The number of methoxy groups -OCH3 is 1. The quantitative estimate of drug-likeness (QED) is 0.420. The Balaban J connectivity index is 0.000000569. The lowest BCUT2D eigenvalue weighted by Crippen LogP contribution is -2.09. The van der Waals surface area contributed by atoms with Crippen molar-refractivity contribution in [1.29, 1.82) is 0 Å². The van der Waals surface area contributed by atoms with Crippen molar-refractivity contribution in [2.45, 2.75) is 19.6 Å². The van der Waals surface area contributed by atoms with Crippen LogP contribution in [0.5, 0.6) is 17.2 Å². The first-order valence-electron chi connectivity index (χ1n) is 10.1. The number of carbonyl (C=O) groups is 2. The van der Waals surface area contributed by atoms with Crippen molar-refractivity contribution in [3.05, 3.63) is 89.5 Å². The predicted molar refractivity (Wildman–Crippen MR) is 123 cm³/mol. The Hall–Kier alpha value is -4.04. The molecule has 8 heteroatoms. The fraction of sp³-hybridized carbons (Fsp3) is 0.200. The van der Waals surface area contributed by atoms with Crippen molar-refractivity contribution < 1.29 is 34.0 Å². The van der Waals surface area contributed by atoms with Gasteiger partial charge in [0.1, 0.15) is 13.2 Å². The topological polar surface area (TPSA) is 128 Å². The van der Waals surface area contributed by atoms with Crippen LogP contribution in [-0.4, -0.2) is 35.8 Å². The zero-order valence-corrected chi connectivity index (χ0v) is 18.3. The van der Waals surface area contributed by atoms with E-state index >= 15 is 0 Å². The van der Waals surface area contributed by atoms with Crippen LogP contribution in [0.1, 0.15) is 16.7 Å². The molecule has 0 bridgehead atoms. The number of aliphatic carboxylic acids is 2. The van der Waals surface area contributed by atoms with E-state index in [4.69, 9.17) is 39.7 Å². The minimum atomic E-state index is -1.82.